The topological polar surface area (TPSA) is 47.5 Å². The number of aliphatic hydroxyl groups is 1. The van der Waals surface area contributed by atoms with Crippen molar-refractivity contribution in [3.8, 4) is 11.1 Å². The number of rotatable bonds is 4. The van der Waals surface area contributed by atoms with Crippen LogP contribution in [0.2, 0.25) is 0 Å². The minimum Gasteiger partial charge on any atom is -0.395 e. The van der Waals surface area contributed by atoms with Crippen LogP contribution in [0, 0.1) is 5.92 Å². The third-order valence-corrected chi connectivity index (χ3v) is 5.39. The van der Waals surface area contributed by atoms with Crippen LogP contribution in [0.4, 0.5) is 0 Å². The number of benzene rings is 2. The van der Waals surface area contributed by atoms with Crippen molar-refractivity contribution in [3.05, 3.63) is 60.2 Å². The van der Waals surface area contributed by atoms with E-state index in [1.807, 2.05) is 6.07 Å². The lowest BCUT2D eigenvalue weighted by atomic mass is 9.84. The van der Waals surface area contributed by atoms with Gasteiger partial charge >= 0.3 is 0 Å². The van der Waals surface area contributed by atoms with Crippen molar-refractivity contribution in [2.24, 2.45) is 5.92 Å². The van der Waals surface area contributed by atoms with Crippen LogP contribution in [0.3, 0.4) is 0 Å². The van der Waals surface area contributed by atoms with Crippen LogP contribution in [0.25, 0.3) is 11.1 Å². The molecule has 0 radical (unpaired) electrons. The van der Waals surface area contributed by atoms with E-state index in [-0.39, 0.29) is 6.61 Å². The highest BCUT2D eigenvalue weighted by Crippen LogP contribution is 2.34. The second-order valence-corrected chi connectivity index (χ2v) is 6.84. The van der Waals surface area contributed by atoms with E-state index >= 15 is 0 Å². The van der Waals surface area contributed by atoms with Gasteiger partial charge in [0.25, 0.3) is 0 Å². The standard InChI is InChI=1S/C20H25N3O/c24-13-12-23-11-10-19-18(14-23)20(22-21-19)17-8-6-16(7-9-17)15-4-2-1-3-5-15/h1-9,18-22,24H,10-14H2. The molecule has 3 unspecified atom stereocenters. The molecular weight excluding hydrogens is 298 g/mol. The molecular formula is C20H25N3O. The summed E-state index contributed by atoms with van der Waals surface area (Å²) in [6.07, 6.45) is 1.14. The fourth-order valence-electron chi connectivity index (χ4n) is 4.06. The molecule has 3 N–H and O–H groups in total. The Bertz CT molecular complexity index is 658. The number of likely N-dealkylation sites (tertiary alicyclic amines) is 1. The van der Waals surface area contributed by atoms with Gasteiger partial charge in [0.1, 0.15) is 0 Å². The molecule has 4 nitrogen and oxygen atoms in total. The molecule has 3 atom stereocenters. The molecule has 126 valence electrons. The van der Waals surface area contributed by atoms with Crippen molar-refractivity contribution >= 4 is 0 Å². The summed E-state index contributed by atoms with van der Waals surface area (Å²) in [6.45, 7) is 3.13. The molecule has 2 heterocycles. The third-order valence-electron chi connectivity index (χ3n) is 5.39. The number of nitrogens with one attached hydrogen (secondary N) is 2. The lowest BCUT2D eigenvalue weighted by Gasteiger charge is -2.35. The molecule has 2 aliphatic rings. The predicted molar refractivity (Wildman–Crippen MR) is 96.3 cm³/mol. The van der Waals surface area contributed by atoms with E-state index in [2.05, 4.69) is 64.3 Å². The Balaban J connectivity index is 1.51. The lowest BCUT2D eigenvalue weighted by Crippen LogP contribution is -2.46. The molecule has 0 spiro atoms. The quantitative estimate of drug-likeness (QED) is 0.807. The molecule has 2 aromatic rings. The van der Waals surface area contributed by atoms with Gasteiger partial charge in [-0.05, 0) is 29.7 Å². The van der Waals surface area contributed by atoms with Crippen LogP contribution in [0.15, 0.2) is 54.6 Å². The zero-order chi connectivity index (χ0) is 16.4. The number of aliphatic hydroxyl groups excluding tert-OH is 1. The van der Waals surface area contributed by atoms with Gasteiger partial charge in [0, 0.05) is 25.0 Å². The van der Waals surface area contributed by atoms with Crippen LogP contribution >= 0.6 is 0 Å². The molecule has 0 saturated carbocycles. The van der Waals surface area contributed by atoms with Crippen LogP contribution in [-0.2, 0) is 0 Å². The minimum atomic E-state index is 0.245. The molecule has 2 aliphatic heterocycles. The molecule has 0 aliphatic carbocycles. The SMILES string of the molecule is OCCN1CCC2NNC(c3ccc(-c4ccccc4)cc3)C2C1. The van der Waals surface area contributed by atoms with Gasteiger partial charge in [0.05, 0.1) is 12.6 Å². The van der Waals surface area contributed by atoms with E-state index in [0.717, 1.165) is 26.1 Å². The van der Waals surface area contributed by atoms with E-state index in [1.165, 1.54) is 16.7 Å². The Morgan fingerprint density at radius 3 is 2.46 bits per heavy atom. The Morgan fingerprint density at radius 2 is 1.71 bits per heavy atom. The number of piperidine rings is 1. The summed E-state index contributed by atoms with van der Waals surface area (Å²) in [5, 5.41) is 9.21. The highest BCUT2D eigenvalue weighted by molar-refractivity contribution is 5.63. The van der Waals surface area contributed by atoms with Crippen molar-refractivity contribution in [3.63, 3.8) is 0 Å². The van der Waals surface area contributed by atoms with Gasteiger partial charge in [0.2, 0.25) is 0 Å². The predicted octanol–water partition coefficient (Wildman–Crippen LogP) is 2.19. The second-order valence-electron chi connectivity index (χ2n) is 6.84. The Hall–Kier alpha value is -1.72. The number of hydrazine groups is 1. The Labute approximate surface area is 143 Å². The maximum absolute atomic E-state index is 9.21. The summed E-state index contributed by atoms with van der Waals surface area (Å²) in [5.74, 6) is 0.549. The van der Waals surface area contributed by atoms with Gasteiger partial charge < -0.3 is 10.0 Å². The summed E-state index contributed by atoms with van der Waals surface area (Å²) >= 11 is 0. The maximum atomic E-state index is 9.21. The van der Waals surface area contributed by atoms with Crippen LogP contribution in [0.5, 0.6) is 0 Å². The Morgan fingerprint density at radius 1 is 0.958 bits per heavy atom. The number of hydrogen-bond donors (Lipinski definition) is 3. The first-order chi connectivity index (χ1) is 11.8. The van der Waals surface area contributed by atoms with Crippen molar-refractivity contribution in [1.82, 2.24) is 15.8 Å². The maximum Gasteiger partial charge on any atom is 0.0558 e. The minimum absolute atomic E-state index is 0.245. The zero-order valence-corrected chi connectivity index (χ0v) is 13.9. The number of hydrogen-bond acceptors (Lipinski definition) is 4. The molecule has 2 fully saturated rings. The molecule has 24 heavy (non-hydrogen) atoms. The molecule has 0 aromatic heterocycles. The first-order valence-electron chi connectivity index (χ1n) is 8.85. The molecule has 2 saturated heterocycles. The summed E-state index contributed by atoms with van der Waals surface area (Å²) < 4.78 is 0. The van der Waals surface area contributed by atoms with E-state index in [0.29, 0.717) is 18.0 Å². The van der Waals surface area contributed by atoms with Gasteiger partial charge in [-0.1, -0.05) is 54.6 Å². The monoisotopic (exact) mass is 323 g/mol. The van der Waals surface area contributed by atoms with Crippen molar-refractivity contribution in [1.29, 1.82) is 0 Å². The molecule has 4 heteroatoms. The summed E-state index contributed by atoms with van der Waals surface area (Å²) in [6, 6.07) is 20.3. The van der Waals surface area contributed by atoms with Gasteiger partial charge in [0.15, 0.2) is 0 Å². The Kier molecular flexibility index (Phi) is 4.63. The molecule has 4 rings (SSSR count). The van der Waals surface area contributed by atoms with Gasteiger partial charge in [-0.15, -0.1) is 0 Å². The number of nitrogens with zero attached hydrogens (tertiary/aromatic N) is 1. The first-order valence-corrected chi connectivity index (χ1v) is 8.85. The first kappa shape index (κ1) is 15.8. The van der Waals surface area contributed by atoms with Crippen LogP contribution in [-0.4, -0.2) is 42.3 Å². The average Bonchev–Trinajstić information content (AvgIpc) is 3.06. The van der Waals surface area contributed by atoms with Gasteiger partial charge in [-0.2, -0.15) is 0 Å². The van der Waals surface area contributed by atoms with E-state index < -0.39 is 0 Å². The number of fused-ring (bicyclic) bond motifs is 1. The smallest absolute Gasteiger partial charge is 0.0558 e. The zero-order valence-electron chi connectivity index (χ0n) is 13.9. The molecule has 2 aromatic carbocycles. The fourth-order valence-corrected chi connectivity index (χ4v) is 4.06. The molecule has 0 bridgehead atoms. The average molecular weight is 323 g/mol. The van der Waals surface area contributed by atoms with Crippen molar-refractivity contribution in [2.45, 2.75) is 18.5 Å². The van der Waals surface area contributed by atoms with Crippen molar-refractivity contribution < 1.29 is 5.11 Å². The highest BCUT2D eigenvalue weighted by atomic mass is 16.3. The summed E-state index contributed by atoms with van der Waals surface area (Å²) in [4.78, 5) is 2.38. The third kappa shape index (κ3) is 3.10. The molecule has 0 amide bonds. The van der Waals surface area contributed by atoms with E-state index in [9.17, 15) is 5.11 Å². The van der Waals surface area contributed by atoms with Crippen molar-refractivity contribution in [2.75, 3.05) is 26.2 Å². The highest BCUT2D eigenvalue weighted by Gasteiger charge is 2.40. The largest absolute Gasteiger partial charge is 0.395 e. The lowest BCUT2D eigenvalue weighted by molar-refractivity contribution is 0.126. The fraction of sp³-hybridized carbons (Fsp3) is 0.400. The summed E-state index contributed by atoms with van der Waals surface area (Å²) in [5.41, 5.74) is 10.8. The second kappa shape index (κ2) is 7.03. The van der Waals surface area contributed by atoms with Gasteiger partial charge in [-0.3, -0.25) is 5.43 Å². The van der Waals surface area contributed by atoms with Crippen LogP contribution in [0.1, 0.15) is 18.0 Å². The van der Waals surface area contributed by atoms with Gasteiger partial charge in [-0.25, -0.2) is 5.43 Å². The normalized spacial score (nSPS) is 27.1. The van der Waals surface area contributed by atoms with E-state index in [1.54, 1.807) is 0 Å². The summed E-state index contributed by atoms with van der Waals surface area (Å²) in [7, 11) is 0. The van der Waals surface area contributed by atoms with E-state index in [4.69, 9.17) is 0 Å². The number of β-amino-alcohol motifs (C(OH)–C–C–N with tert-alkyl or cyclic N) is 1. The van der Waals surface area contributed by atoms with Crippen LogP contribution < -0.4 is 10.9 Å².